The number of thioether (sulfide) groups is 1. The molecule has 0 saturated carbocycles. The molecule has 0 radical (unpaired) electrons. The van der Waals surface area contributed by atoms with Gasteiger partial charge in [0, 0.05) is 12.3 Å². The minimum atomic E-state index is -0.142. The number of nitrogens with zero attached hydrogens (tertiary/aromatic N) is 2. The van der Waals surface area contributed by atoms with E-state index in [0.29, 0.717) is 16.3 Å². The van der Waals surface area contributed by atoms with Gasteiger partial charge in [0.2, 0.25) is 0 Å². The van der Waals surface area contributed by atoms with E-state index in [2.05, 4.69) is 15.5 Å². The lowest BCUT2D eigenvalue weighted by Gasteiger charge is -2.01. The minimum Gasteiger partial charge on any atom is -0.350 e. The van der Waals surface area contributed by atoms with Crippen molar-refractivity contribution in [3.05, 3.63) is 26.9 Å². The first-order valence-corrected chi connectivity index (χ1v) is 8.50. The molecular formula is C12H13N3O2S3. The molecule has 2 rings (SSSR count). The molecule has 106 valence electrons. The third-order valence-electron chi connectivity index (χ3n) is 2.30. The van der Waals surface area contributed by atoms with Crippen molar-refractivity contribution in [2.45, 2.75) is 18.2 Å². The molecule has 0 aliphatic heterocycles. The van der Waals surface area contributed by atoms with E-state index in [1.54, 1.807) is 35.2 Å². The van der Waals surface area contributed by atoms with Crippen LogP contribution in [-0.4, -0.2) is 34.2 Å². The Kier molecular flexibility index (Phi) is 5.27. The largest absolute Gasteiger partial charge is 0.350 e. The van der Waals surface area contributed by atoms with Gasteiger partial charge in [-0.2, -0.15) is 0 Å². The molecule has 1 amide bonds. The number of carbonyl (C=O) groups is 2. The first kappa shape index (κ1) is 15.1. The van der Waals surface area contributed by atoms with Crippen LogP contribution in [0.3, 0.4) is 0 Å². The van der Waals surface area contributed by atoms with Crippen LogP contribution >= 0.6 is 34.4 Å². The SMILES string of the molecule is CC(=O)c1ccc(C(=O)NCCSc2nnc(C)s2)s1. The molecular weight excluding hydrogens is 314 g/mol. The minimum absolute atomic E-state index is 0.0174. The van der Waals surface area contributed by atoms with Crippen molar-refractivity contribution in [3.63, 3.8) is 0 Å². The Hall–Kier alpha value is -1.25. The summed E-state index contributed by atoms with van der Waals surface area (Å²) in [4.78, 5) is 24.2. The third-order valence-corrected chi connectivity index (χ3v) is 5.46. The maximum Gasteiger partial charge on any atom is 0.261 e. The number of aryl methyl sites for hydroxylation is 1. The molecule has 0 aliphatic rings. The van der Waals surface area contributed by atoms with Gasteiger partial charge in [0.05, 0.1) is 9.75 Å². The molecule has 0 unspecified atom stereocenters. The number of Topliss-reactive ketones (excluding diaryl/α,β-unsaturated/α-hetero) is 1. The number of ketones is 1. The highest BCUT2D eigenvalue weighted by molar-refractivity contribution is 8.01. The second-order valence-electron chi connectivity index (χ2n) is 3.91. The Morgan fingerprint density at radius 2 is 2.00 bits per heavy atom. The van der Waals surface area contributed by atoms with E-state index in [0.717, 1.165) is 15.1 Å². The molecule has 1 N–H and O–H groups in total. The highest BCUT2D eigenvalue weighted by Gasteiger charge is 2.11. The Morgan fingerprint density at radius 3 is 2.60 bits per heavy atom. The zero-order valence-corrected chi connectivity index (χ0v) is 13.5. The number of hydrogen-bond donors (Lipinski definition) is 1. The molecule has 0 aliphatic carbocycles. The van der Waals surface area contributed by atoms with E-state index in [-0.39, 0.29) is 11.7 Å². The summed E-state index contributed by atoms with van der Waals surface area (Å²) in [6, 6.07) is 3.36. The second-order valence-corrected chi connectivity index (χ2v) is 7.52. The van der Waals surface area contributed by atoms with Crippen LogP contribution in [-0.2, 0) is 0 Å². The van der Waals surface area contributed by atoms with E-state index in [9.17, 15) is 9.59 Å². The smallest absolute Gasteiger partial charge is 0.261 e. The summed E-state index contributed by atoms with van der Waals surface area (Å²) in [5.41, 5.74) is 0. The Bertz CT molecular complexity index is 621. The quantitative estimate of drug-likeness (QED) is 0.502. The highest BCUT2D eigenvalue weighted by atomic mass is 32.2. The van der Waals surface area contributed by atoms with Crippen LogP contribution in [0.1, 0.15) is 31.3 Å². The highest BCUT2D eigenvalue weighted by Crippen LogP contribution is 2.21. The zero-order valence-electron chi connectivity index (χ0n) is 11.0. The number of nitrogens with one attached hydrogen (secondary N) is 1. The first-order chi connectivity index (χ1) is 9.56. The molecule has 0 spiro atoms. The number of amides is 1. The number of hydrogen-bond acceptors (Lipinski definition) is 7. The van der Waals surface area contributed by atoms with E-state index in [1.165, 1.54) is 18.3 Å². The summed E-state index contributed by atoms with van der Waals surface area (Å²) in [6.45, 7) is 3.95. The first-order valence-electron chi connectivity index (χ1n) is 5.88. The fourth-order valence-corrected chi connectivity index (χ4v) is 3.93. The van der Waals surface area contributed by atoms with Crippen molar-refractivity contribution in [1.29, 1.82) is 0 Å². The normalized spacial score (nSPS) is 10.5. The van der Waals surface area contributed by atoms with Crippen molar-refractivity contribution >= 4 is 46.1 Å². The lowest BCUT2D eigenvalue weighted by atomic mass is 10.3. The van der Waals surface area contributed by atoms with E-state index in [1.807, 2.05) is 6.92 Å². The molecule has 0 saturated heterocycles. The Morgan fingerprint density at radius 1 is 1.25 bits per heavy atom. The standard InChI is InChI=1S/C12H13N3O2S3/c1-7(16)9-3-4-10(20-9)11(17)13-5-6-18-12-15-14-8(2)19-12/h3-4H,5-6H2,1-2H3,(H,13,17). The van der Waals surface area contributed by atoms with E-state index < -0.39 is 0 Å². The predicted molar refractivity (Wildman–Crippen MR) is 82.0 cm³/mol. The number of rotatable bonds is 6. The molecule has 0 fully saturated rings. The zero-order chi connectivity index (χ0) is 14.5. The van der Waals surface area contributed by atoms with Crippen molar-refractivity contribution in [3.8, 4) is 0 Å². The summed E-state index contributed by atoms with van der Waals surface area (Å²) in [7, 11) is 0. The average Bonchev–Trinajstić information content (AvgIpc) is 3.03. The fourth-order valence-electron chi connectivity index (χ4n) is 1.38. The Labute approximate surface area is 128 Å². The topological polar surface area (TPSA) is 72.0 Å². The van der Waals surface area contributed by atoms with Crippen LogP contribution in [0.4, 0.5) is 0 Å². The summed E-state index contributed by atoms with van der Waals surface area (Å²) in [5, 5.41) is 11.7. The molecule has 20 heavy (non-hydrogen) atoms. The lowest BCUT2D eigenvalue weighted by molar-refractivity contribution is 0.0959. The van der Waals surface area contributed by atoms with Gasteiger partial charge in [0.15, 0.2) is 10.1 Å². The average molecular weight is 327 g/mol. The van der Waals surface area contributed by atoms with Gasteiger partial charge >= 0.3 is 0 Å². The van der Waals surface area contributed by atoms with Crippen molar-refractivity contribution in [1.82, 2.24) is 15.5 Å². The number of thiophene rings is 1. The van der Waals surface area contributed by atoms with Gasteiger partial charge in [0.1, 0.15) is 5.01 Å². The molecule has 2 heterocycles. The molecule has 0 bridgehead atoms. The Balaban J connectivity index is 1.75. The van der Waals surface area contributed by atoms with Gasteiger partial charge in [-0.3, -0.25) is 9.59 Å². The van der Waals surface area contributed by atoms with Crippen molar-refractivity contribution < 1.29 is 9.59 Å². The summed E-state index contributed by atoms with van der Waals surface area (Å²) in [6.07, 6.45) is 0. The molecule has 0 atom stereocenters. The third kappa shape index (κ3) is 4.12. The fraction of sp³-hybridized carbons (Fsp3) is 0.333. The monoisotopic (exact) mass is 327 g/mol. The van der Waals surface area contributed by atoms with Crippen LogP contribution in [0.15, 0.2) is 16.5 Å². The maximum absolute atomic E-state index is 11.8. The molecule has 8 heteroatoms. The number of aromatic nitrogens is 2. The molecule has 0 aromatic carbocycles. The summed E-state index contributed by atoms with van der Waals surface area (Å²) >= 11 is 4.33. The molecule has 2 aromatic heterocycles. The number of carbonyl (C=O) groups excluding carboxylic acids is 2. The van der Waals surface area contributed by atoms with Gasteiger partial charge < -0.3 is 5.32 Å². The molecule has 2 aromatic rings. The van der Waals surface area contributed by atoms with Gasteiger partial charge in [-0.25, -0.2) is 0 Å². The van der Waals surface area contributed by atoms with Gasteiger partial charge in [-0.15, -0.1) is 21.5 Å². The van der Waals surface area contributed by atoms with Crippen molar-refractivity contribution in [2.75, 3.05) is 12.3 Å². The van der Waals surface area contributed by atoms with Crippen LogP contribution in [0.2, 0.25) is 0 Å². The van der Waals surface area contributed by atoms with Gasteiger partial charge in [-0.1, -0.05) is 23.1 Å². The summed E-state index contributed by atoms with van der Waals surface area (Å²) in [5.74, 6) is 0.582. The predicted octanol–water partition coefficient (Wildman–Crippen LogP) is 2.63. The maximum atomic E-state index is 11.8. The second kappa shape index (κ2) is 6.96. The van der Waals surface area contributed by atoms with Crippen molar-refractivity contribution in [2.24, 2.45) is 0 Å². The van der Waals surface area contributed by atoms with Crippen LogP contribution in [0.5, 0.6) is 0 Å². The lowest BCUT2D eigenvalue weighted by Crippen LogP contribution is -2.24. The molecule has 5 nitrogen and oxygen atoms in total. The summed E-state index contributed by atoms with van der Waals surface area (Å²) < 4.78 is 0.909. The van der Waals surface area contributed by atoms with E-state index in [4.69, 9.17) is 0 Å². The van der Waals surface area contributed by atoms with Crippen LogP contribution in [0, 0.1) is 6.92 Å². The van der Waals surface area contributed by atoms with Crippen LogP contribution in [0.25, 0.3) is 0 Å². The van der Waals surface area contributed by atoms with Gasteiger partial charge in [0.25, 0.3) is 5.91 Å². The van der Waals surface area contributed by atoms with Gasteiger partial charge in [-0.05, 0) is 26.0 Å². The van der Waals surface area contributed by atoms with Crippen LogP contribution < -0.4 is 5.32 Å². The van der Waals surface area contributed by atoms with E-state index >= 15 is 0 Å².